The van der Waals surface area contributed by atoms with Crippen molar-refractivity contribution in [1.29, 1.82) is 0 Å². The van der Waals surface area contributed by atoms with Crippen molar-refractivity contribution in [1.82, 2.24) is 19.7 Å². The molecule has 0 bridgehead atoms. The fraction of sp³-hybridized carbons (Fsp3) is 0.333. The van der Waals surface area contributed by atoms with Crippen molar-refractivity contribution in [3.8, 4) is 16.9 Å². The van der Waals surface area contributed by atoms with Gasteiger partial charge in [-0.1, -0.05) is 31.2 Å². The Morgan fingerprint density at radius 1 is 1.19 bits per heavy atom. The fourth-order valence-corrected chi connectivity index (χ4v) is 4.00. The van der Waals surface area contributed by atoms with Crippen LogP contribution in [0.1, 0.15) is 24.2 Å². The average molecular weight is 427 g/mol. The quantitative estimate of drug-likeness (QED) is 0.549. The van der Waals surface area contributed by atoms with Gasteiger partial charge in [0.2, 0.25) is 0 Å². The van der Waals surface area contributed by atoms with Gasteiger partial charge in [-0.05, 0) is 40.0 Å². The SMILES string of the molecule is CCc1cccc(-c2cnn(C3CN(Cc4cccc(Br)n4)C3)c2)c1OC. The molecule has 0 aliphatic carbocycles. The van der Waals surface area contributed by atoms with Crippen molar-refractivity contribution in [2.75, 3.05) is 20.2 Å². The zero-order chi connectivity index (χ0) is 18.8. The second-order valence-electron chi connectivity index (χ2n) is 6.86. The minimum atomic E-state index is 0.409. The highest BCUT2D eigenvalue weighted by atomic mass is 79.9. The van der Waals surface area contributed by atoms with Gasteiger partial charge >= 0.3 is 0 Å². The molecule has 3 heterocycles. The molecule has 0 unspecified atom stereocenters. The largest absolute Gasteiger partial charge is 0.496 e. The summed E-state index contributed by atoms with van der Waals surface area (Å²) in [5.41, 5.74) is 4.52. The first kappa shape index (κ1) is 18.2. The Hall–Kier alpha value is -2.18. The average Bonchev–Trinajstić information content (AvgIpc) is 3.13. The topological polar surface area (TPSA) is 43.2 Å². The molecule has 0 atom stereocenters. The maximum Gasteiger partial charge on any atom is 0.129 e. The van der Waals surface area contributed by atoms with E-state index in [-0.39, 0.29) is 0 Å². The Morgan fingerprint density at radius 2 is 2.00 bits per heavy atom. The molecular formula is C21H23BrN4O. The van der Waals surface area contributed by atoms with Crippen LogP contribution in [-0.4, -0.2) is 39.9 Å². The Bertz CT molecular complexity index is 933. The third-order valence-electron chi connectivity index (χ3n) is 5.06. The van der Waals surface area contributed by atoms with Crippen LogP contribution in [0, 0.1) is 0 Å². The number of methoxy groups -OCH3 is 1. The van der Waals surface area contributed by atoms with Crippen molar-refractivity contribution < 1.29 is 4.74 Å². The highest BCUT2D eigenvalue weighted by Gasteiger charge is 2.29. The first-order valence-electron chi connectivity index (χ1n) is 9.22. The van der Waals surface area contributed by atoms with E-state index in [0.717, 1.165) is 53.2 Å². The first-order valence-corrected chi connectivity index (χ1v) is 10.0. The van der Waals surface area contributed by atoms with E-state index in [1.807, 2.05) is 18.3 Å². The van der Waals surface area contributed by atoms with Gasteiger partial charge in [-0.25, -0.2) is 4.98 Å². The number of ether oxygens (including phenoxy) is 1. The second kappa shape index (κ2) is 7.82. The number of nitrogens with zero attached hydrogens (tertiary/aromatic N) is 4. The smallest absolute Gasteiger partial charge is 0.129 e. The summed E-state index contributed by atoms with van der Waals surface area (Å²) in [5, 5.41) is 4.61. The molecule has 0 amide bonds. The monoisotopic (exact) mass is 426 g/mol. The molecule has 0 saturated carbocycles. The van der Waals surface area contributed by atoms with Crippen molar-refractivity contribution in [2.45, 2.75) is 25.9 Å². The number of pyridine rings is 1. The number of hydrogen-bond acceptors (Lipinski definition) is 4. The molecule has 1 aliphatic heterocycles. The lowest BCUT2D eigenvalue weighted by Gasteiger charge is -2.39. The lowest BCUT2D eigenvalue weighted by molar-refractivity contribution is 0.0895. The van der Waals surface area contributed by atoms with E-state index in [1.54, 1.807) is 7.11 Å². The van der Waals surface area contributed by atoms with Gasteiger partial charge in [0.15, 0.2) is 0 Å². The first-order chi connectivity index (χ1) is 13.2. The van der Waals surface area contributed by atoms with Gasteiger partial charge in [0, 0.05) is 37.0 Å². The number of halogens is 1. The lowest BCUT2D eigenvalue weighted by atomic mass is 10.0. The number of aryl methyl sites for hydroxylation is 1. The summed E-state index contributed by atoms with van der Waals surface area (Å²) in [6, 6.07) is 12.8. The van der Waals surface area contributed by atoms with Gasteiger partial charge in [0.1, 0.15) is 10.4 Å². The van der Waals surface area contributed by atoms with Crippen molar-refractivity contribution >= 4 is 15.9 Å². The number of rotatable bonds is 6. The van der Waals surface area contributed by atoms with Gasteiger partial charge < -0.3 is 4.74 Å². The van der Waals surface area contributed by atoms with Crippen molar-refractivity contribution in [2.24, 2.45) is 0 Å². The van der Waals surface area contributed by atoms with Crippen LogP contribution in [0.2, 0.25) is 0 Å². The number of likely N-dealkylation sites (tertiary alicyclic amines) is 1. The van der Waals surface area contributed by atoms with Gasteiger partial charge in [-0.3, -0.25) is 9.58 Å². The third kappa shape index (κ3) is 3.77. The summed E-state index contributed by atoms with van der Waals surface area (Å²) in [6.07, 6.45) is 5.03. The van der Waals surface area contributed by atoms with Crippen LogP contribution in [0.25, 0.3) is 11.1 Å². The zero-order valence-electron chi connectivity index (χ0n) is 15.6. The molecular weight excluding hydrogens is 404 g/mol. The van der Waals surface area contributed by atoms with Crippen LogP contribution in [0.5, 0.6) is 5.75 Å². The Morgan fingerprint density at radius 3 is 2.74 bits per heavy atom. The molecule has 6 heteroatoms. The van der Waals surface area contributed by atoms with E-state index >= 15 is 0 Å². The van der Waals surface area contributed by atoms with Crippen LogP contribution in [-0.2, 0) is 13.0 Å². The van der Waals surface area contributed by atoms with E-state index in [2.05, 4.69) is 73.0 Å². The number of aromatic nitrogens is 3. The van der Waals surface area contributed by atoms with Crippen LogP contribution in [0.3, 0.4) is 0 Å². The summed E-state index contributed by atoms with van der Waals surface area (Å²) in [4.78, 5) is 6.90. The summed E-state index contributed by atoms with van der Waals surface area (Å²) in [5.74, 6) is 0.954. The summed E-state index contributed by atoms with van der Waals surface area (Å²) in [7, 11) is 1.74. The van der Waals surface area contributed by atoms with Crippen LogP contribution in [0.4, 0.5) is 0 Å². The van der Waals surface area contributed by atoms with Crippen molar-refractivity contribution in [3.63, 3.8) is 0 Å². The lowest BCUT2D eigenvalue weighted by Crippen LogP contribution is -2.47. The molecule has 4 rings (SSSR count). The molecule has 0 radical (unpaired) electrons. The Balaban J connectivity index is 1.44. The molecule has 1 fully saturated rings. The van der Waals surface area contributed by atoms with Gasteiger partial charge in [-0.15, -0.1) is 0 Å². The molecule has 1 aliphatic rings. The van der Waals surface area contributed by atoms with E-state index in [4.69, 9.17) is 4.74 Å². The minimum absolute atomic E-state index is 0.409. The van der Waals surface area contributed by atoms with Crippen LogP contribution in [0.15, 0.2) is 53.4 Å². The predicted octanol–water partition coefficient (Wildman–Crippen LogP) is 4.34. The molecule has 2 aromatic heterocycles. The van der Waals surface area contributed by atoms with Gasteiger partial charge in [0.05, 0.1) is 25.0 Å². The number of benzene rings is 1. The molecule has 5 nitrogen and oxygen atoms in total. The zero-order valence-corrected chi connectivity index (χ0v) is 17.2. The molecule has 1 aromatic carbocycles. The van der Waals surface area contributed by atoms with E-state index < -0.39 is 0 Å². The molecule has 1 saturated heterocycles. The van der Waals surface area contributed by atoms with Gasteiger partial charge in [0.25, 0.3) is 0 Å². The summed E-state index contributed by atoms with van der Waals surface area (Å²) in [6.45, 7) is 4.99. The summed E-state index contributed by atoms with van der Waals surface area (Å²) >= 11 is 3.43. The molecule has 0 spiro atoms. The maximum absolute atomic E-state index is 5.67. The van der Waals surface area contributed by atoms with E-state index in [0.29, 0.717) is 6.04 Å². The molecule has 140 valence electrons. The number of hydrogen-bond donors (Lipinski definition) is 0. The highest BCUT2D eigenvalue weighted by molar-refractivity contribution is 9.10. The maximum atomic E-state index is 5.67. The summed E-state index contributed by atoms with van der Waals surface area (Å²) < 4.78 is 8.64. The third-order valence-corrected chi connectivity index (χ3v) is 5.51. The molecule has 0 N–H and O–H groups in total. The Labute approximate surface area is 168 Å². The minimum Gasteiger partial charge on any atom is -0.496 e. The standard InChI is InChI=1S/C21H23BrN4O/c1-3-15-6-4-8-19(21(15)27-2)16-10-23-26(11-16)18-13-25(14-18)12-17-7-5-9-20(22)24-17/h4-11,18H,3,12-14H2,1-2H3. The predicted molar refractivity (Wildman–Crippen MR) is 110 cm³/mol. The fourth-order valence-electron chi connectivity index (χ4n) is 3.61. The van der Waals surface area contributed by atoms with Crippen LogP contribution >= 0.6 is 15.9 Å². The van der Waals surface area contributed by atoms with Crippen molar-refractivity contribution in [3.05, 3.63) is 64.7 Å². The van der Waals surface area contributed by atoms with Crippen LogP contribution < -0.4 is 4.74 Å². The Kier molecular flexibility index (Phi) is 5.27. The van der Waals surface area contributed by atoms with Gasteiger partial charge in [-0.2, -0.15) is 5.10 Å². The normalized spacial score (nSPS) is 14.9. The number of para-hydroxylation sites is 1. The van der Waals surface area contributed by atoms with E-state index in [9.17, 15) is 0 Å². The molecule has 3 aromatic rings. The second-order valence-corrected chi connectivity index (χ2v) is 7.67. The van der Waals surface area contributed by atoms with E-state index in [1.165, 1.54) is 5.56 Å². The highest BCUT2D eigenvalue weighted by Crippen LogP contribution is 2.34. The molecule has 27 heavy (non-hydrogen) atoms.